The standard InChI is InChI=1S/C25H19N5O2/c1-32-23-9-5-3-7-18(23)22-15-24(30-29-22)28-25(31)19-14-21(16-10-12-26-13-11-16)27-20-8-4-2-6-17(19)20/h2-15H,1H3,(H2,28,29,30,31). The molecule has 7 nitrogen and oxygen atoms in total. The molecule has 0 radical (unpaired) electrons. The molecule has 3 heterocycles. The van der Waals surface area contributed by atoms with Crippen LogP contribution in [-0.4, -0.2) is 33.2 Å². The van der Waals surface area contributed by atoms with Crippen LogP contribution >= 0.6 is 0 Å². The predicted molar refractivity (Wildman–Crippen MR) is 124 cm³/mol. The molecular formula is C25H19N5O2. The Bertz CT molecular complexity index is 1410. The molecule has 0 aliphatic rings. The molecule has 0 saturated heterocycles. The van der Waals surface area contributed by atoms with E-state index < -0.39 is 0 Å². The lowest BCUT2D eigenvalue weighted by Gasteiger charge is -2.09. The first-order valence-electron chi connectivity index (χ1n) is 10.0. The van der Waals surface area contributed by atoms with Gasteiger partial charge in [0, 0.05) is 35.0 Å². The van der Waals surface area contributed by atoms with Crippen LogP contribution < -0.4 is 10.1 Å². The number of para-hydroxylation sites is 2. The van der Waals surface area contributed by atoms with Gasteiger partial charge in [-0.3, -0.25) is 14.9 Å². The van der Waals surface area contributed by atoms with Crippen molar-refractivity contribution in [2.24, 2.45) is 0 Å². The van der Waals surface area contributed by atoms with Gasteiger partial charge in [-0.2, -0.15) is 5.10 Å². The molecule has 0 spiro atoms. The lowest BCUT2D eigenvalue weighted by molar-refractivity contribution is 0.102. The number of pyridine rings is 2. The first kappa shape index (κ1) is 19.4. The van der Waals surface area contributed by atoms with E-state index >= 15 is 0 Å². The number of hydrogen-bond donors (Lipinski definition) is 2. The van der Waals surface area contributed by atoms with Gasteiger partial charge in [-0.05, 0) is 36.4 Å². The Kier molecular flexibility index (Phi) is 5.05. The molecule has 0 bridgehead atoms. The van der Waals surface area contributed by atoms with Crippen molar-refractivity contribution in [1.29, 1.82) is 0 Å². The highest BCUT2D eigenvalue weighted by molar-refractivity contribution is 6.13. The van der Waals surface area contributed by atoms with Crippen LogP contribution in [0.25, 0.3) is 33.4 Å². The maximum absolute atomic E-state index is 13.3. The zero-order valence-corrected chi connectivity index (χ0v) is 17.2. The number of rotatable bonds is 5. The first-order chi connectivity index (χ1) is 15.7. The van der Waals surface area contributed by atoms with E-state index in [4.69, 9.17) is 9.72 Å². The van der Waals surface area contributed by atoms with E-state index in [-0.39, 0.29) is 5.91 Å². The van der Waals surface area contributed by atoms with Gasteiger partial charge in [0.15, 0.2) is 5.82 Å². The molecule has 0 unspecified atom stereocenters. The second-order valence-corrected chi connectivity index (χ2v) is 7.13. The molecule has 5 rings (SSSR count). The van der Waals surface area contributed by atoms with Crippen LogP contribution in [0.1, 0.15) is 10.4 Å². The Morgan fingerprint density at radius 2 is 1.75 bits per heavy atom. The maximum Gasteiger partial charge on any atom is 0.257 e. The normalized spacial score (nSPS) is 10.8. The number of methoxy groups -OCH3 is 1. The van der Waals surface area contributed by atoms with Gasteiger partial charge in [0.2, 0.25) is 0 Å². The molecule has 2 N–H and O–H groups in total. The van der Waals surface area contributed by atoms with Crippen molar-refractivity contribution in [3.8, 4) is 28.3 Å². The molecule has 7 heteroatoms. The van der Waals surface area contributed by atoms with Crippen molar-refractivity contribution in [2.75, 3.05) is 12.4 Å². The maximum atomic E-state index is 13.3. The summed E-state index contributed by atoms with van der Waals surface area (Å²) in [5.41, 5.74) is 4.45. The van der Waals surface area contributed by atoms with Gasteiger partial charge in [0.05, 0.1) is 29.6 Å². The number of carbonyl (C=O) groups excluding carboxylic acids is 1. The summed E-state index contributed by atoms with van der Waals surface area (Å²) in [6.07, 6.45) is 3.41. The van der Waals surface area contributed by atoms with Crippen LogP contribution in [0.4, 0.5) is 5.82 Å². The van der Waals surface area contributed by atoms with Crippen LogP contribution in [0, 0.1) is 0 Å². The van der Waals surface area contributed by atoms with Gasteiger partial charge >= 0.3 is 0 Å². The predicted octanol–water partition coefficient (Wildman–Crippen LogP) is 4.95. The molecule has 156 valence electrons. The quantitative estimate of drug-likeness (QED) is 0.419. The van der Waals surface area contributed by atoms with Crippen molar-refractivity contribution >= 4 is 22.6 Å². The minimum Gasteiger partial charge on any atom is -0.496 e. The SMILES string of the molecule is COc1ccccc1-c1cc(NC(=O)c2cc(-c3ccncc3)nc3ccccc23)n[nH]1. The summed E-state index contributed by atoms with van der Waals surface area (Å²) in [6, 6.07) is 22.5. The molecule has 32 heavy (non-hydrogen) atoms. The number of ether oxygens (including phenoxy) is 1. The number of nitrogens with zero attached hydrogens (tertiary/aromatic N) is 3. The van der Waals surface area contributed by atoms with Gasteiger partial charge in [-0.15, -0.1) is 0 Å². The van der Waals surface area contributed by atoms with E-state index in [0.29, 0.717) is 17.1 Å². The molecule has 0 fully saturated rings. The third kappa shape index (κ3) is 3.67. The molecule has 0 aliphatic carbocycles. The monoisotopic (exact) mass is 421 g/mol. The van der Waals surface area contributed by atoms with E-state index in [9.17, 15) is 4.79 Å². The lowest BCUT2D eigenvalue weighted by Crippen LogP contribution is -2.13. The average molecular weight is 421 g/mol. The van der Waals surface area contributed by atoms with Crippen molar-refractivity contribution in [1.82, 2.24) is 20.2 Å². The number of benzene rings is 2. The van der Waals surface area contributed by atoms with Gasteiger partial charge in [-0.1, -0.05) is 30.3 Å². The largest absolute Gasteiger partial charge is 0.496 e. The van der Waals surface area contributed by atoms with Crippen molar-refractivity contribution in [2.45, 2.75) is 0 Å². The lowest BCUT2D eigenvalue weighted by atomic mass is 10.0. The topological polar surface area (TPSA) is 92.8 Å². The third-order valence-corrected chi connectivity index (χ3v) is 5.15. The Balaban J connectivity index is 1.50. The zero-order chi connectivity index (χ0) is 21.9. The highest BCUT2D eigenvalue weighted by Gasteiger charge is 2.16. The molecule has 0 saturated carbocycles. The number of carbonyl (C=O) groups is 1. The fraction of sp³-hybridized carbons (Fsp3) is 0.0400. The summed E-state index contributed by atoms with van der Waals surface area (Å²) in [7, 11) is 1.62. The number of nitrogens with one attached hydrogen (secondary N) is 2. The van der Waals surface area contributed by atoms with Crippen LogP contribution in [0.3, 0.4) is 0 Å². The average Bonchev–Trinajstić information content (AvgIpc) is 3.32. The number of aromatic amines is 1. The highest BCUT2D eigenvalue weighted by atomic mass is 16.5. The molecule has 0 aliphatic heterocycles. The summed E-state index contributed by atoms with van der Waals surface area (Å²) in [5, 5.41) is 10.9. The molecular weight excluding hydrogens is 402 g/mol. The second kappa shape index (κ2) is 8.31. The van der Waals surface area contributed by atoms with Gasteiger partial charge < -0.3 is 10.1 Å². The fourth-order valence-corrected chi connectivity index (χ4v) is 3.61. The highest BCUT2D eigenvalue weighted by Crippen LogP contribution is 2.30. The van der Waals surface area contributed by atoms with Gasteiger partial charge in [0.25, 0.3) is 5.91 Å². The molecule has 2 aromatic carbocycles. The number of aromatic nitrogens is 4. The fourth-order valence-electron chi connectivity index (χ4n) is 3.61. The van der Waals surface area contributed by atoms with E-state index in [1.54, 1.807) is 31.6 Å². The van der Waals surface area contributed by atoms with E-state index in [0.717, 1.165) is 33.5 Å². The Morgan fingerprint density at radius 3 is 2.59 bits per heavy atom. The first-order valence-corrected chi connectivity index (χ1v) is 10.0. The number of fused-ring (bicyclic) bond motifs is 1. The van der Waals surface area contributed by atoms with Crippen molar-refractivity contribution in [3.63, 3.8) is 0 Å². The summed E-state index contributed by atoms with van der Waals surface area (Å²) < 4.78 is 5.42. The molecule has 0 atom stereocenters. The van der Waals surface area contributed by atoms with Crippen LogP contribution in [0.2, 0.25) is 0 Å². The van der Waals surface area contributed by atoms with Crippen LogP contribution in [0.5, 0.6) is 5.75 Å². The minimum atomic E-state index is -0.267. The summed E-state index contributed by atoms with van der Waals surface area (Å²) >= 11 is 0. The summed E-state index contributed by atoms with van der Waals surface area (Å²) in [4.78, 5) is 22.0. The number of anilines is 1. The van der Waals surface area contributed by atoms with Crippen molar-refractivity contribution in [3.05, 3.63) is 90.8 Å². The smallest absolute Gasteiger partial charge is 0.257 e. The van der Waals surface area contributed by atoms with E-state index in [2.05, 4.69) is 20.5 Å². The van der Waals surface area contributed by atoms with Gasteiger partial charge in [0.1, 0.15) is 5.75 Å². The van der Waals surface area contributed by atoms with Gasteiger partial charge in [-0.25, -0.2) is 4.98 Å². The molecule has 5 aromatic rings. The molecule has 1 amide bonds. The number of amides is 1. The Labute approximate surface area is 184 Å². The third-order valence-electron chi connectivity index (χ3n) is 5.15. The number of hydrogen-bond acceptors (Lipinski definition) is 5. The summed E-state index contributed by atoms with van der Waals surface area (Å²) in [5.74, 6) is 0.871. The van der Waals surface area contributed by atoms with Crippen LogP contribution in [0.15, 0.2) is 85.2 Å². The van der Waals surface area contributed by atoms with E-state index in [1.165, 1.54) is 0 Å². The number of H-pyrrole nitrogens is 1. The Hall–Kier alpha value is -4.52. The van der Waals surface area contributed by atoms with E-state index in [1.807, 2.05) is 60.7 Å². The van der Waals surface area contributed by atoms with Crippen molar-refractivity contribution < 1.29 is 9.53 Å². The summed E-state index contributed by atoms with van der Waals surface area (Å²) in [6.45, 7) is 0. The zero-order valence-electron chi connectivity index (χ0n) is 17.2. The minimum absolute atomic E-state index is 0.267. The van der Waals surface area contributed by atoms with Crippen LogP contribution in [-0.2, 0) is 0 Å². The second-order valence-electron chi connectivity index (χ2n) is 7.13. The molecule has 3 aromatic heterocycles. The Morgan fingerprint density at radius 1 is 0.969 bits per heavy atom.